The van der Waals surface area contributed by atoms with Gasteiger partial charge in [0.2, 0.25) is 0 Å². The summed E-state index contributed by atoms with van der Waals surface area (Å²) in [5.74, 6) is -0.781. The summed E-state index contributed by atoms with van der Waals surface area (Å²) < 4.78 is 39.1. The van der Waals surface area contributed by atoms with Crippen LogP contribution < -0.4 is 4.74 Å². The van der Waals surface area contributed by atoms with Crippen LogP contribution in [0.15, 0.2) is 12.3 Å². The number of rotatable bonds is 2. The molecule has 0 saturated carbocycles. The molecular formula is C8H3F3N2O2. The van der Waals surface area contributed by atoms with Crippen molar-refractivity contribution in [1.29, 1.82) is 5.26 Å². The molecule has 0 amide bonds. The van der Waals surface area contributed by atoms with Crippen molar-refractivity contribution in [2.45, 2.75) is 6.36 Å². The van der Waals surface area contributed by atoms with Crippen LogP contribution in [0.4, 0.5) is 13.2 Å². The van der Waals surface area contributed by atoms with Crippen LogP contribution in [-0.4, -0.2) is 17.6 Å². The van der Waals surface area contributed by atoms with Gasteiger partial charge in [-0.15, -0.1) is 13.2 Å². The van der Waals surface area contributed by atoms with Gasteiger partial charge in [0.05, 0.1) is 5.56 Å². The number of aldehydes is 1. The first-order valence-corrected chi connectivity index (χ1v) is 3.57. The van der Waals surface area contributed by atoms with Gasteiger partial charge in [-0.05, 0) is 0 Å². The summed E-state index contributed by atoms with van der Waals surface area (Å²) >= 11 is 0. The van der Waals surface area contributed by atoms with Crippen LogP contribution in [0.25, 0.3) is 0 Å². The molecular weight excluding hydrogens is 213 g/mol. The van der Waals surface area contributed by atoms with E-state index in [0.717, 1.165) is 12.3 Å². The zero-order valence-corrected chi connectivity index (χ0v) is 7.08. The fraction of sp³-hybridized carbons (Fsp3) is 0.125. The first-order chi connectivity index (χ1) is 6.96. The maximum Gasteiger partial charge on any atom is 0.573 e. The molecule has 15 heavy (non-hydrogen) atoms. The SMILES string of the molecule is N#Cc1cnc(C=O)c(OC(F)(F)F)c1. The molecule has 0 atom stereocenters. The smallest absolute Gasteiger partial charge is 0.403 e. The van der Waals surface area contributed by atoms with Gasteiger partial charge in [-0.25, -0.2) is 4.98 Å². The van der Waals surface area contributed by atoms with Crippen LogP contribution in [0.2, 0.25) is 0 Å². The van der Waals surface area contributed by atoms with E-state index in [1.165, 1.54) is 0 Å². The van der Waals surface area contributed by atoms with Crippen molar-refractivity contribution in [3.63, 3.8) is 0 Å². The summed E-state index contributed by atoms with van der Waals surface area (Å²) in [6.07, 6.45) is -3.83. The average Bonchev–Trinajstić information content (AvgIpc) is 2.15. The van der Waals surface area contributed by atoms with E-state index in [2.05, 4.69) is 9.72 Å². The molecule has 0 aliphatic heterocycles. The number of carbonyl (C=O) groups is 1. The number of hydrogen-bond donors (Lipinski definition) is 0. The summed E-state index contributed by atoms with van der Waals surface area (Å²) in [7, 11) is 0. The van der Waals surface area contributed by atoms with Gasteiger partial charge in [-0.1, -0.05) is 0 Å². The van der Waals surface area contributed by atoms with Crippen LogP contribution in [0.1, 0.15) is 16.1 Å². The molecule has 0 saturated heterocycles. The monoisotopic (exact) mass is 216 g/mol. The predicted octanol–water partition coefficient (Wildman–Crippen LogP) is 1.66. The summed E-state index contributed by atoms with van der Waals surface area (Å²) in [6, 6.07) is 2.37. The number of nitriles is 1. The molecule has 1 rings (SSSR count). The van der Waals surface area contributed by atoms with Crippen molar-refractivity contribution in [3.05, 3.63) is 23.5 Å². The van der Waals surface area contributed by atoms with Crippen LogP contribution >= 0.6 is 0 Å². The number of carbonyl (C=O) groups excluding carboxylic acids is 1. The van der Waals surface area contributed by atoms with Crippen LogP contribution in [-0.2, 0) is 0 Å². The van der Waals surface area contributed by atoms with Crippen molar-refractivity contribution < 1.29 is 22.7 Å². The Kier molecular flexibility index (Phi) is 2.90. The molecule has 78 valence electrons. The lowest BCUT2D eigenvalue weighted by Crippen LogP contribution is -2.18. The van der Waals surface area contributed by atoms with Crippen LogP contribution in [0.5, 0.6) is 5.75 Å². The third-order valence-corrected chi connectivity index (χ3v) is 1.35. The van der Waals surface area contributed by atoms with Gasteiger partial charge < -0.3 is 4.74 Å². The Balaban J connectivity index is 3.13. The van der Waals surface area contributed by atoms with Crippen LogP contribution in [0.3, 0.4) is 0 Å². The molecule has 0 aromatic carbocycles. The van der Waals surface area contributed by atoms with Gasteiger partial charge in [-0.3, -0.25) is 4.79 Å². The number of halogens is 3. The van der Waals surface area contributed by atoms with Gasteiger partial charge >= 0.3 is 6.36 Å². The molecule has 4 nitrogen and oxygen atoms in total. The van der Waals surface area contributed by atoms with E-state index < -0.39 is 17.8 Å². The van der Waals surface area contributed by atoms with E-state index >= 15 is 0 Å². The average molecular weight is 216 g/mol. The molecule has 0 fully saturated rings. The Bertz CT molecular complexity index is 423. The number of alkyl halides is 3. The van der Waals surface area contributed by atoms with Crippen molar-refractivity contribution >= 4 is 6.29 Å². The zero-order chi connectivity index (χ0) is 11.5. The van der Waals surface area contributed by atoms with Crippen LogP contribution in [0, 0.1) is 11.3 Å². The predicted molar refractivity (Wildman–Crippen MR) is 41.0 cm³/mol. The fourth-order valence-electron chi connectivity index (χ4n) is 0.811. The topological polar surface area (TPSA) is 63.0 Å². The lowest BCUT2D eigenvalue weighted by molar-refractivity contribution is -0.274. The molecule has 0 aliphatic carbocycles. The maximum atomic E-state index is 11.8. The highest BCUT2D eigenvalue weighted by molar-refractivity contribution is 5.76. The van der Waals surface area contributed by atoms with Gasteiger partial charge in [0.25, 0.3) is 0 Å². The van der Waals surface area contributed by atoms with E-state index in [0.29, 0.717) is 0 Å². The molecule has 1 heterocycles. The van der Waals surface area contributed by atoms with E-state index in [9.17, 15) is 18.0 Å². The number of pyridine rings is 1. The molecule has 7 heteroatoms. The minimum absolute atomic E-state index is 0.113. The molecule has 0 aliphatic rings. The molecule has 0 N–H and O–H groups in total. The second kappa shape index (κ2) is 3.96. The second-order valence-electron chi connectivity index (χ2n) is 2.38. The zero-order valence-electron chi connectivity index (χ0n) is 7.08. The number of ether oxygens (including phenoxy) is 1. The fourth-order valence-corrected chi connectivity index (χ4v) is 0.811. The Morgan fingerprint density at radius 2 is 2.20 bits per heavy atom. The highest BCUT2D eigenvalue weighted by atomic mass is 19.4. The highest BCUT2D eigenvalue weighted by Gasteiger charge is 2.32. The minimum Gasteiger partial charge on any atom is -0.403 e. The highest BCUT2D eigenvalue weighted by Crippen LogP contribution is 2.24. The molecule has 0 unspecified atom stereocenters. The number of nitrogens with zero attached hydrogens (tertiary/aromatic N) is 2. The molecule has 0 bridgehead atoms. The lowest BCUT2D eigenvalue weighted by Gasteiger charge is -2.09. The Hall–Kier alpha value is -2.10. The van der Waals surface area contributed by atoms with Gasteiger partial charge in [-0.2, -0.15) is 5.26 Å². The standard InChI is InChI=1S/C8H3F3N2O2/c9-8(10,11)15-7-1-5(2-12)3-13-6(7)4-14/h1,3-4H. The molecule has 0 radical (unpaired) electrons. The van der Waals surface area contributed by atoms with Crippen molar-refractivity contribution in [1.82, 2.24) is 4.98 Å². The van der Waals surface area contributed by atoms with Crippen molar-refractivity contribution in [3.8, 4) is 11.8 Å². The quantitative estimate of drug-likeness (QED) is 0.705. The summed E-state index contributed by atoms with van der Waals surface area (Å²) in [4.78, 5) is 13.7. The number of aromatic nitrogens is 1. The Morgan fingerprint density at radius 1 is 1.53 bits per heavy atom. The summed E-state index contributed by atoms with van der Waals surface area (Å²) in [5.41, 5.74) is -0.633. The molecule has 1 aromatic rings. The summed E-state index contributed by atoms with van der Waals surface area (Å²) in [6.45, 7) is 0. The van der Waals surface area contributed by atoms with Gasteiger partial charge in [0.1, 0.15) is 11.8 Å². The van der Waals surface area contributed by atoms with Crippen molar-refractivity contribution in [2.75, 3.05) is 0 Å². The first kappa shape index (κ1) is 11.0. The second-order valence-corrected chi connectivity index (χ2v) is 2.38. The van der Waals surface area contributed by atoms with E-state index in [4.69, 9.17) is 5.26 Å². The van der Waals surface area contributed by atoms with Gasteiger partial charge in [0.15, 0.2) is 12.0 Å². The summed E-state index contributed by atoms with van der Waals surface area (Å²) in [5, 5.41) is 8.41. The largest absolute Gasteiger partial charge is 0.573 e. The molecule has 1 aromatic heterocycles. The maximum absolute atomic E-state index is 11.8. The first-order valence-electron chi connectivity index (χ1n) is 3.57. The normalized spacial score (nSPS) is 10.5. The van der Waals surface area contributed by atoms with Crippen molar-refractivity contribution in [2.24, 2.45) is 0 Å². The number of hydrogen-bond acceptors (Lipinski definition) is 4. The van der Waals surface area contributed by atoms with E-state index in [1.807, 2.05) is 0 Å². The van der Waals surface area contributed by atoms with E-state index in [1.54, 1.807) is 6.07 Å². The third-order valence-electron chi connectivity index (χ3n) is 1.35. The third kappa shape index (κ3) is 2.95. The Morgan fingerprint density at radius 3 is 2.67 bits per heavy atom. The van der Waals surface area contributed by atoms with Gasteiger partial charge in [0, 0.05) is 12.3 Å². The minimum atomic E-state index is -4.92. The molecule has 0 spiro atoms. The lowest BCUT2D eigenvalue weighted by atomic mass is 10.2. The Labute approximate surface area is 81.9 Å². The van der Waals surface area contributed by atoms with E-state index in [-0.39, 0.29) is 11.8 Å².